The van der Waals surface area contributed by atoms with E-state index in [1.54, 1.807) is 12.1 Å². The Morgan fingerprint density at radius 1 is 1.09 bits per heavy atom. The van der Waals surface area contributed by atoms with Gasteiger partial charge in [-0.3, -0.25) is 4.57 Å². The smallest absolute Gasteiger partial charge is 0.408 e. The summed E-state index contributed by atoms with van der Waals surface area (Å²) < 4.78 is 22.9. The van der Waals surface area contributed by atoms with Crippen molar-refractivity contribution in [2.24, 2.45) is 0 Å². The maximum absolute atomic E-state index is 12.6. The minimum absolute atomic E-state index is 0.148. The van der Waals surface area contributed by atoms with Gasteiger partial charge in [-0.25, -0.2) is 4.79 Å². The van der Waals surface area contributed by atoms with Crippen LogP contribution in [0.5, 0.6) is 0 Å². The quantitative estimate of drug-likeness (QED) is 0.806. The highest BCUT2D eigenvalue weighted by Gasteiger charge is 2.31. The van der Waals surface area contributed by atoms with Crippen molar-refractivity contribution < 1.29 is 18.6 Å². The van der Waals surface area contributed by atoms with E-state index in [0.29, 0.717) is 5.56 Å². The molecule has 0 bridgehead atoms. The number of amides is 1. The second-order valence-electron chi connectivity index (χ2n) is 5.11. The average molecular weight is 333 g/mol. The van der Waals surface area contributed by atoms with Crippen LogP contribution in [0.2, 0.25) is 0 Å². The molecule has 1 N–H and O–H groups in total. The number of hydrogen-bond acceptors (Lipinski definition) is 4. The van der Waals surface area contributed by atoms with E-state index >= 15 is 0 Å². The van der Waals surface area contributed by atoms with Crippen molar-refractivity contribution in [2.45, 2.75) is 12.4 Å². The Hall–Kier alpha value is -2.10. The SMILES string of the molecule is COP(C)(=O)C(NC(=O)OCc1ccccc1)c1ccccc1. The van der Waals surface area contributed by atoms with Gasteiger partial charge in [-0.2, -0.15) is 0 Å². The zero-order valence-corrected chi connectivity index (χ0v) is 14.0. The zero-order valence-electron chi connectivity index (χ0n) is 13.1. The maximum Gasteiger partial charge on any atom is 0.408 e. The standard InChI is InChI=1S/C17H20NO4P/c1-21-23(2,20)16(15-11-7-4-8-12-15)18-17(19)22-13-14-9-5-3-6-10-14/h3-12,16H,13H2,1-2H3,(H,18,19). The summed E-state index contributed by atoms with van der Waals surface area (Å²) >= 11 is 0. The molecule has 2 atom stereocenters. The molecule has 2 rings (SSSR count). The van der Waals surface area contributed by atoms with Crippen LogP contribution < -0.4 is 5.32 Å². The Kier molecular flexibility index (Phi) is 5.97. The molecule has 0 radical (unpaired) electrons. The molecule has 0 saturated carbocycles. The van der Waals surface area contributed by atoms with Crippen LogP contribution in [0.1, 0.15) is 16.9 Å². The molecule has 1 amide bonds. The molecule has 6 heteroatoms. The van der Waals surface area contributed by atoms with Gasteiger partial charge in [0, 0.05) is 13.8 Å². The lowest BCUT2D eigenvalue weighted by molar-refractivity contribution is 0.137. The summed E-state index contributed by atoms with van der Waals surface area (Å²) in [5.74, 6) is -0.753. The highest BCUT2D eigenvalue weighted by molar-refractivity contribution is 7.58. The number of benzene rings is 2. The zero-order chi connectivity index (χ0) is 16.7. The number of hydrogen-bond donors (Lipinski definition) is 1. The molecule has 2 unspecified atom stereocenters. The summed E-state index contributed by atoms with van der Waals surface area (Å²) in [6.45, 7) is 1.64. The predicted octanol–water partition coefficient (Wildman–Crippen LogP) is 4.17. The Morgan fingerprint density at radius 2 is 1.65 bits per heavy atom. The van der Waals surface area contributed by atoms with Gasteiger partial charge in [-0.15, -0.1) is 0 Å². The number of rotatable bonds is 6. The summed E-state index contributed by atoms with van der Waals surface area (Å²) in [6, 6.07) is 18.4. The van der Waals surface area contributed by atoms with Gasteiger partial charge in [-0.05, 0) is 11.1 Å². The number of ether oxygens (including phenoxy) is 1. The van der Waals surface area contributed by atoms with Crippen molar-refractivity contribution >= 4 is 13.5 Å². The first-order valence-corrected chi connectivity index (χ1v) is 9.32. The highest BCUT2D eigenvalue weighted by atomic mass is 31.2. The van der Waals surface area contributed by atoms with Crippen LogP contribution >= 0.6 is 7.37 Å². The molecular weight excluding hydrogens is 313 g/mol. The lowest BCUT2D eigenvalue weighted by Crippen LogP contribution is -2.29. The van der Waals surface area contributed by atoms with Crippen LogP contribution in [0.4, 0.5) is 4.79 Å². The van der Waals surface area contributed by atoms with Gasteiger partial charge in [-0.1, -0.05) is 60.7 Å². The molecule has 0 aliphatic rings. The topological polar surface area (TPSA) is 64.6 Å². The van der Waals surface area contributed by atoms with E-state index in [1.165, 1.54) is 13.8 Å². The number of carbonyl (C=O) groups is 1. The Morgan fingerprint density at radius 3 is 2.22 bits per heavy atom. The fourth-order valence-corrected chi connectivity index (χ4v) is 3.35. The molecule has 5 nitrogen and oxygen atoms in total. The minimum Gasteiger partial charge on any atom is -0.445 e. The van der Waals surface area contributed by atoms with E-state index in [-0.39, 0.29) is 6.61 Å². The van der Waals surface area contributed by atoms with Crippen molar-refractivity contribution in [3.63, 3.8) is 0 Å². The van der Waals surface area contributed by atoms with Gasteiger partial charge in [0.05, 0.1) is 0 Å². The number of nitrogens with one attached hydrogen (secondary N) is 1. The fraction of sp³-hybridized carbons (Fsp3) is 0.235. The molecular formula is C17H20NO4P. The third-order valence-electron chi connectivity index (χ3n) is 3.41. The Balaban J connectivity index is 2.06. The van der Waals surface area contributed by atoms with Crippen molar-refractivity contribution in [2.75, 3.05) is 13.8 Å². The van der Waals surface area contributed by atoms with Gasteiger partial charge in [0.2, 0.25) is 7.37 Å². The van der Waals surface area contributed by atoms with Crippen molar-refractivity contribution in [3.8, 4) is 0 Å². The molecule has 0 aliphatic carbocycles. The number of alkyl carbamates (subject to hydrolysis) is 1. The molecule has 23 heavy (non-hydrogen) atoms. The second-order valence-corrected chi connectivity index (χ2v) is 7.81. The van der Waals surface area contributed by atoms with E-state index in [2.05, 4.69) is 5.32 Å². The molecule has 2 aromatic rings. The van der Waals surface area contributed by atoms with Gasteiger partial charge in [0.15, 0.2) is 0 Å². The molecule has 0 fully saturated rings. The molecule has 122 valence electrons. The minimum atomic E-state index is -3.07. The van der Waals surface area contributed by atoms with E-state index in [0.717, 1.165) is 5.56 Å². The summed E-state index contributed by atoms with van der Waals surface area (Å²) in [6.07, 6.45) is -0.637. The van der Waals surface area contributed by atoms with Crippen LogP contribution in [0.3, 0.4) is 0 Å². The molecule has 0 heterocycles. The van der Waals surface area contributed by atoms with Gasteiger partial charge in [0.25, 0.3) is 0 Å². The largest absolute Gasteiger partial charge is 0.445 e. The highest BCUT2D eigenvalue weighted by Crippen LogP contribution is 2.54. The summed E-state index contributed by atoms with van der Waals surface area (Å²) in [4.78, 5) is 12.1. The van der Waals surface area contributed by atoms with Crippen LogP contribution in [-0.2, 0) is 20.4 Å². The summed E-state index contributed by atoms with van der Waals surface area (Å²) in [5, 5.41) is 2.65. The van der Waals surface area contributed by atoms with Crippen LogP contribution in [0.15, 0.2) is 60.7 Å². The molecule has 0 saturated heterocycles. The van der Waals surface area contributed by atoms with Gasteiger partial charge < -0.3 is 14.6 Å². The van der Waals surface area contributed by atoms with E-state index in [1.807, 2.05) is 48.5 Å². The number of carbonyl (C=O) groups excluding carboxylic acids is 1. The first-order valence-electron chi connectivity index (χ1n) is 7.18. The third kappa shape index (κ3) is 4.95. The third-order valence-corrected chi connectivity index (χ3v) is 5.50. The van der Waals surface area contributed by atoms with Gasteiger partial charge >= 0.3 is 6.09 Å². The fourth-order valence-electron chi connectivity index (χ4n) is 2.09. The molecule has 0 spiro atoms. The maximum atomic E-state index is 12.6. The van der Waals surface area contributed by atoms with Gasteiger partial charge in [0.1, 0.15) is 12.4 Å². The lowest BCUT2D eigenvalue weighted by atomic mass is 10.2. The van der Waals surface area contributed by atoms with E-state index in [4.69, 9.17) is 9.26 Å². The van der Waals surface area contributed by atoms with Crippen molar-refractivity contribution in [1.82, 2.24) is 5.32 Å². The molecule has 0 aliphatic heterocycles. The summed E-state index contributed by atoms with van der Waals surface area (Å²) in [7, 11) is -1.70. The Bertz CT molecular complexity index is 676. The first-order chi connectivity index (χ1) is 11.0. The van der Waals surface area contributed by atoms with Crippen molar-refractivity contribution in [1.29, 1.82) is 0 Å². The normalized spacial score (nSPS) is 14.5. The average Bonchev–Trinajstić information content (AvgIpc) is 2.59. The molecule has 0 aromatic heterocycles. The van der Waals surface area contributed by atoms with E-state index in [9.17, 15) is 9.36 Å². The second kappa shape index (κ2) is 7.95. The molecule has 2 aromatic carbocycles. The monoisotopic (exact) mass is 333 g/mol. The predicted molar refractivity (Wildman–Crippen MR) is 89.5 cm³/mol. The van der Waals surface area contributed by atoms with Crippen LogP contribution in [0.25, 0.3) is 0 Å². The van der Waals surface area contributed by atoms with E-state index < -0.39 is 19.2 Å². The van der Waals surface area contributed by atoms with Crippen molar-refractivity contribution in [3.05, 3.63) is 71.8 Å². The summed E-state index contributed by atoms with van der Waals surface area (Å²) in [5.41, 5.74) is 1.59. The van der Waals surface area contributed by atoms with Crippen LogP contribution in [0, 0.1) is 0 Å². The first kappa shape index (κ1) is 17.3. The van der Waals surface area contributed by atoms with Crippen LogP contribution in [-0.4, -0.2) is 19.9 Å². The lowest BCUT2D eigenvalue weighted by Gasteiger charge is -2.24. The Labute approximate surface area is 136 Å².